The maximum atomic E-state index is 11.9. The predicted molar refractivity (Wildman–Crippen MR) is 70.1 cm³/mol. The number of rotatable bonds is 8. The van der Waals surface area contributed by atoms with Crippen molar-refractivity contribution in [2.75, 3.05) is 12.0 Å². The third kappa shape index (κ3) is 4.95. The second-order valence-electron chi connectivity index (χ2n) is 4.01. The summed E-state index contributed by atoms with van der Waals surface area (Å²) in [5.41, 5.74) is 4.94. The van der Waals surface area contributed by atoms with E-state index >= 15 is 0 Å². The summed E-state index contributed by atoms with van der Waals surface area (Å²) in [4.78, 5) is 22.9. The Balaban J connectivity index is 4.54. The molecule has 0 saturated heterocycles. The molecule has 0 rings (SSSR count). The highest BCUT2D eigenvalue weighted by molar-refractivity contribution is 7.98. The zero-order valence-electron chi connectivity index (χ0n) is 10.7. The molecule has 0 aromatic rings. The molecule has 0 radical (unpaired) electrons. The molecule has 0 fully saturated rings. The molecule has 0 aliphatic heterocycles. The van der Waals surface area contributed by atoms with Crippen molar-refractivity contribution in [1.82, 2.24) is 5.32 Å². The maximum absolute atomic E-state index is 11.9. The van der Waals surface area contributed by atoms with Gasteiger partial charge in [-0.25, -0.2) is 4.79 Å². The van der Waals surface area contributed by atoms with Crippen molar-refractivity contribution >= 4 is 23.6 Å². The molecule has 4 N–H and O–H groups in total. The first kappa shape index (κ1) is 16.2. The molecule has 1 amide bonds. The smallest absolute Gasteiger partial charge is 0.326 e. The molecule has 0 aliphatic rings. The van der Waals surface area contributed by atoms with Crippen LogP contribution >= 0.6 is 11.8 Å². The summed E-state index contributed by atoms with van der Waals surface area (Å²) < 4.78 is 0. The second kappa shape index (κ2) is 7.55. The minimum absolute atomic E-state index is 0.379. The van der Waals surface area contributed by atoms with Gasteiger partial charge in [0.25, 0.3) is 0 Å². The van der Waals surface area contributed by atoms with Crippen LogP contribution in [0, 0.1) is 0 Å². The van der Waals surface area contributed by atoms with Gasteiger partial charge in [-0.1, -0.05) is 13.8 Å². The number of aliphatic carboxylic acids is 1. The van der Waals surface area contributed by atoms with Gasteiger partial charge in [0.05, 0.1) is 5.54 Å². The van der Waals surface area contributed by atoms with Gasteiger partial charge in [0.1, 0.15) is 6.04 Å². The molecule has 5 nitrogen and oxygen atoms in total. The Morgan fingerprint density at radius 2 is 1.94 bits per heavy atom. The van der Waals surface area contributed by atoms with Crippen molar-refractivity contribution in [2.24, 2.45) is 5.73 Å². The lowest BCUT2D eigenvalue weighted by atomic mass is 9.93. The highest BCUT2D eigenvalue weighted by atomic mass is 32.2. The number of carbonyl (C=O) groups excluding carboxylic acids is 1. The first-order valence-electron chi connectivity index (χ1n) is 5.72. The zero-order valence-corrected chi connectivity index (χ0v) is 11.5. The molecule has 0 spiro atoms. The van der Waals surface area contributed by atoms with E-state index in [4.69, 9.17) is 10.8 Å². The molecule has 0 aromatic carbocycles. The number of hydrogen-bond donors (Lipinski definition) is 3. The minimum Gasteiger partial charge on any atom is -0.480 e. The molecular formula is C11H22N2O3S. The maximum Gasteiger partial charge on any atom is 0.326 e. The molecule has 0 bridgehead atoms. The minimum atomic E-state index is -1.01. The third-order valence-corrected chi connectivity index (χ3v) is 3.57. The summed E-state index contributed by atoms with van der Waals surface area (Å²) in [5, 5.41) is 11.5. The van der Waals surface area contributed by atoms with E-state index in [1.807, 2.05) is 20.1 Å². The molecule has 0 aromatic heterocycles. The normalized spacial score (nSPS) is 13.2. The number of nitrogens with two attached hydrogens (primary N) is 1. The Kier molecular flexibility index (Phi) is 7.22. The number of carbonyl (C=O) groups is 2. The van der Waals surface area contributed by atoms with E-state index in [1.165, 1.54) is 0 Å². The number of amides is 1. The van der Waals surface area contributed by atoms with Gasteiger partial charge in [0, 0.05) is 0 Å². The van der Waals surface area contributed by atoms with E-state index in [1.54, 1.807) is 11.8 Å². The van der Waals surface area contributed by atoms with Gasteiger partial charge in [0.2, 0.25) is 5.91 Å². The molecule has 0 unspecified atom stereocenters. The predicted octanol–water partition coefficient (Wildman–Crippen LogP) is 0.826. The Labute approximate surface area is 107 Å². The van der Waals surface area contributed by atoms with E-state index in [2.05, 4.69) is 5.32 Å². The van der Waals surface area contributed by atoms with E-state index in [0.717, 1.165) is 0 Å². The summed E-state index contributed by atoms with van der Waals surface area (Å²) in [6.45, 7) is 3.64. The van der Waals surface area contributed by atoms with Gasteiger partial charge in [-0.3, -0.25) is 4.79 Å². The number of carboxylic acids is 1. The Morgan fingerprint density at radius 3 is 2.29 bits per heavy atom. The van der Waals surface area contributed by atoms with Crippen LogP contribution in [0.2, 0.25) is 0 Å². The van der Waals surface area contributed by atoms with Crippen LogP contribution in [0.4, 0.5) is 0 Å². The summed E-state index contributed by atoms with van der Waals surface area (Å²) in [5.74, 6) is -0.703. The van der Waals surface area contributed by atoms with Crippen LogP contribution in [0.25, 0.3) is 0 Å². The van der Waals surface area contributed by atoms with Gasteiger partial charge in [-0.05, 0) is 31.3 Å². The van der Waals surface area contributed by atoms with Gasteiger partial charge < -0.3 is 16.2 Å². The average molecular weight is 262 g/mol. The SMILES string of the molecule is CCC(N)(CC)C(=O)N[C@@H](CCSC)C(=O)O. The van der Waals surface area contributed by atoms with E-state index in [-0.39, 0.29) is 5.91 Å². The van der Waals surface area contributed by atoms with Crippen LogP contribution in [0.1, 0.15) is 33.1 Å². The van der Waals surface area contributed by atoms with Crippen LogP contribution in [-0.2, 0) is 9.59 Å². The first-order valence-corrected chi connectivity index (χ1v) is 7.12. The second-order valence-corrected chi connectivity index (χ2v) is 4.99. The van der Waals surface area contributed by atoms with Crippen LogP contribution < -0.4 is 11.1 Å². The zero-order chi connectivity index (χ0) is 13.5. The first-order chi connectivity index (χ1) is 7.91. The quantitative estimate of drug-likeness (QED) is 0.602. The van der Waals surface area contributed by atoms with Gasteiger partial charge in [-0.2, -0.15) is 11.8 Å². The van der Waals surface area contributed by atoms with Crippen LogP contribution in [0.15, 0.2) is 0 Å². The summed E-state index contributed by atoms with van der Waals surface area (Å²) in [6.07, 6.45) is 3.28. The van der Waals surface area contributed by atoms with Crippen molar-refractivity contribution in [3.63, 3.8) is 0 Å². The van der Waals surface area contributed by atoms with Crippen molar-refractivity contribution in [2.45, 2.75) is 44.7 Å². The fourth-order valence-corrected chi connectivity index (χ4v) is 1.84. The lowest BCUT2D eigenvalue weighted by Crippen LogP contribution is -2.57. The molecule has 100 valence electrons. The molecule has 1 atom stereocenters. The highest BCUT2D eigenvalue weighted by Crippen LogP contribution is 2.12. The van der Waals surface area contributed by atoms with Gasteiger partial charge >= 0.3 is 5.97 Å². The van der Waals surface area contributed by atoms with Gasteiger partial charge in [-0.15, -0.1) is 0 Å². The van der Waals surface area contributed by atoms with E-state index < -0.39 is 17.6 Å². The summed E-state index contributed by atoms with van der Waals surface area (Å²) in [6, 6.07) is -0.851. The van der Waals surface area contributed by atoms with Crippen molar-refractivity contribution in [1.29, 1.82) is 0 Å². The topological polar surface area (TPSA) is 92.4 Å². The number of carboxylic acid groups (broad SMARTS) is 1. The Bertz CT molecular complexity index is 267. The van der Waals surface area contributed by atoms with Crippen molar-refractivity contribution in [3.05, 3.63) is 0 Å². The third-order valence-electron chi connectivity index (χ3n) is 2.93. The standard InChI is InChI=1S/C11H22N2O3S/c1-4-11(12,5-2)10(16)13-8(9(14)15)6-7-17-3/h8H,4-7,12H2,1-3H3,(H,13,16)(H,14,15)/t8-/m0/s1. The average Bonchev–Trinajstić information content (AvgIpc) is 2.32. The molecule has 17 heavy (non-hydrogen) atoms. The number of nitrogens with one attached hydrogen (secondary N) is 1. The monoisotopic (exact) mass is 262 g/mol. The Hall–Kier alpha value is -0.750. The van der Waals surface area contributed by atoms with Crippen LogP contribution in [-0.4, -0.2) is 40.6 Å². The van der Waals surface area contributed by atoms with Crippen molar-refractivity contribution in [3.8, 4) is 0 Å². The molecule has 0 saturated carbocycles. The van der Waals surface area contributed by atoms with Gasteiger partial charge in [0.15, 0.2) is 0 Å². The van der Waals surface area contributed by atoms with Crippen LogP contribution in [0.5, 0.6) is 0 Å². The van der Waals surface area contributed by atoms with E-state index in [9.17, 15) is 9.59 Å². The largest absolute Gasteiger partial charge is 0.480 e. The Morgan fingerprint density at radius 1 is 1.41 bits per heavy atom. The van der Waals surface area contributed by atoms with E-state index in [0.29, 0.717) is 25.0 Å². The molecule has 0 heterocycles. The van der Waals surface area contributed by atoms with Crippen molar-refractivity contribution < 1.29 is 14.7 Å². The molecular weight excluding hydrogens is 240 g/mol. The number of thioether (sulfide) groups is 1. The lowest BCUT2D eigenvalue weighted by molar-refractivity contribution is -0.142. The fourth-order valence-electron chi connectivity index (χ4n) is 1.37. The summed E-state index contributed by atoms with van der Waals surface area (Å²) in [7, 11) is 0. The highest BCUT2D eigenvalue weighted by Gasteiger charge is 2.32. The summed E-state index contributed by atoms with van der Waals surface area (Å²) >= 11 is 1.55. The lowest BCUT2D eigenvalue weighted by Gasteiger charge is -2.27. The molecule has 6 heteroatoms. The van der Waals surface area contributed by atoms with Crippen LogP contribution in [0.3, 0.4) is 0 Å². The fraction of sp³-hybridized carbons (Fsp3) is 0.818. The number of hydrogen-bond acceptors (Lipinski definition) is 4. The molecule has 0 aliphatic carbocycles.